The quantitative estimate of drug-likeness (QED) is 0.855. The van der Waals surface area contributed by atoms with Gasteiger partial charge in [-0.15, -0.1) is 0 Å². The lowest BCUT2D eigenvalue weighted by Gasteiger charge is -2.31. The van der Waals surface area contributed by atoms with Crippen molar-refractivity contribution in [3.05, 3.63) is 0 Å². The number of morpholine rings is 1. The van der Waals surface area contributed by atoms with Gasteiger partial charge in [-0.3, -0.25) is 0 Å². The second-order valence-electron chi connectivity index (χ2n) is 7.76. The lowest BCUT2D eigenvalue weighted by atomic mass is 10.1. The Hall–Kier alpha value is -0.850. The largest absolute Gasteiger partial charge is 0.444 e. The summed E-state index contributed by atoms with van der Waals surface area (Å²) in [5, 5.41) is 3.63. The Kier molecular flexibility index (Phi) is 6.68. The van der Waals surface area contributed by atoms with Crippen LogP contribution in [0.15, 0.2) is 0 Å². The molecule has 0 spiro atoms. The average Bonchev–Trinajstić information content (AvgIpc) is 2.69. The molecule has 2 aliphatic heterocycles. The number of hydrogen-bond acceptors (Lipinski definition) is 5. The molecule has 6 heteroatoms. The third-order valence-electron chi connectivity index (χ3n) is 4.36. The molecule has 6 nitrogen and oxygen atoms in total. The highest BCUT2D eigenvalue weighted by atomic mass is 16.6. The summed E-state index contributed by atoms with van der Waals surface area (Å²) in [4.78, 5) is 16.3. The molecule has 0 radical (unpaired) electrons. The van der Waals surface area contributed by atoms with Gasteiger partial charge in [0.25, 0.3) is 0 Å². The second kappa shape index (κ2) is 8.31. The average molecular weight is 327 g/mol. The summed E-state index contributed by atoms with van der Waals surface area (Å²) in [6.45, 7) is 11.0. The van der Waals surface area contributed by atoms with Crippen molar-refractivity contribution in [3.8, 4) is 0 Å². The summed E-state index contributed by atoms with van der Waals surface area (Å²) in [5.74, 6) is 0. The van der Waals surface area contributed by atoms with Gasteiger partial charge in [-0.05, 0) is 47.1 Å². The number of nitrogens with zero attached hydrogens (tertiary/aromatic N) is 2. The molecule has 0 saturated carbocycles. The van der Waals surface area contributed by atoms with Gasteiger partial charge < -0.3 is 24.6 Å². The highest BCUT2D eigenvalue weighted by Gasteiger charge is 2.26. The predicted molar refractivity (Wildman–Crippen MR) is 90.7 cm³/mol. The first-order valence-corrected chi connectivity index (χ1v) is 8.85. The van der Waals surface area contributed by atoms with Crippen LogP contribution in [0, 0.1) is 0 Å². The normalized spacial score (nSPS) is 27.6. The molecule has 2 rings (SSSR count). The van der Waals surface area contributed by atoms with Crippen LogP contribution in [0.5, 0.6) is 0 Å². The first-order chi connectivity index (χ1) is 10.8. The van der Waals surface area contributed by atoms with Crippen molar-refractivity contribution in [2.75, 3.05) is 46.4 Å². The molecule has 0 bridgehead atoms. The van der Waals surface area contributed by atoms with E-state index in [4.69, 9.17) is 9.47 Å². The maximum atomic E-state index is 12.2. The summed E-state index contributed by atoms with van der Waals surface area (Å²) in [6, 6.07) is 0.457. The van der Waals surface area contributed by atoms with Crippen molar-refractivity contribution in [2.45, 2.75) is 57.8 Å². The molecular formula is C17H33N3O3. The number of likely N-dealkylation sites (N-methyl/N-ethyl adjacent to an activating group) is 1. The van der Waals surface area contributed by atoms with E-state index in [-0.39, 0.29) is 12.2 Å². The molecule has 0 aromatic rings. The van der Waals surface area contributed by atoms with Crippen LogP contribution in [-0.2, 0) is 9.47 Å². The van der Waals surface area contributed by atoms with Gasteiger partial charge in [0, 0.05) is 38.8 Å². The third kappa shape index (κ3) is 6.65. The lowest BCUT2D eigenvalue weighted by Crippen LogP contribution is -2.47. The zero-order chi connectivity index (χ0) is 16.9. The van der Waals surface area contributed by atoms with E-state index in [9.17, 15) is 4.79 Å². The molecule has 2 saturated heterocycles. The fourth-order valence-electron chi connectivity index (χ4n) is 3.10. The van der Waals surface area contributed by atoms with Gasteiger partial charge in [0.05, 0.1) is 12.7 Å². The molecule has 2 aliphatic rings. The van der Waals surface area contributed by atoms with Crippen molar-refractivity contribution in [1.29, 1.82) is 0 Å². The number of amides is 1. The van der Waals surface area contributed by atoms with Crippen LogP contribution in [-0.4, -0.2) is 80.0 Å². The van der Waals surface area contributed by atoms with Crippen LogP contribution < -0.4 is 5.32 Å². The highest BCUT2D eigenvalue weighted by Crippen LogP contribution is 2.16. The van der Waals surface area contributed by atoms with Crippen LogP contribution in [0.25, 0.3) is 0 Å². The molecule has 0 aromatic carbocycles. The molecule has 0 aromatic heterocycles. The molecular weight excluding hydrogens is 294 g/mol. The maximum Gasteiger partial charge on any atom is 0.410 e. The fourth-order valence-corrected chi connectivity index (χ4v) is 3.10. The van der Waals surface area contributed by atoms with E-state index in [1.54, 1.807) is 0 Å². The number of carbonyl (C=O) groups excluding carboxylic acids is 1. The Morgan fingerprint density at radius 2 is 2.04 bits per heavy atom. The van der Waals surface area contributed by atoms with E-state index >= 15 is 0 Å². The summed E-state index contributed by atoms with van der Waals surface area (Å²) < 4.78 is 11.3. The smallest absolute Gasteiger partial charge is 0.410 e. The van der Waals surface area contributed by atoms with Crippen LogP contribution >= 0.6 is 0 Å². The number of likely N-dealkylation sites (tertiary alicyclic amines) is 1. The van der Waals surface area contributed by atoms with Crippen molar-refractivity contribution in [1.82, 2.24) is 15.1 Å². The van der Waals surface area contributed by atoms with E-state index in [2.05, 4.69) is 17.3 Å². The Morgan fingerprint density at radius 1 is 1.26 bits per heavy atom. The minimum Gasteiger partial charge on any atom is -0.444 e. The summed E-state index contributed by atoms with van der Waals surface area (Å²) in [6.07, 6.45) is 3.18. The van der Waals surface area contributed by atoms with Gasteiger partial charge in [-0.1, -0.05) is 0 Å². The molecule has 2 unspecified atom stereocenters. The number of carbonyl (C=O) groups is 1. The Bertz CT molecular complexity index is 384. The van der Waals surface area contributed by atoms with Gasteiger partial charge in [-0.2, -0.15) is 0 Å². The van der Waals surface area contributed by atoms with Gasteiger partial charge >= 0.3 is 6.09 Å². The molecule has 23 heavy (non-hydrogen) atoms. The zero-order valence-corrected chi connectivity index (χ0v) is 15.1. The maximum absolute atomic E-state index is 12.2. The summed E-state index contributed by atoms with van der Waals surface area (Å²) in [5.41, 5.74) is -0.425. The first kappa shape index (κ1) is 18.5. The monoisotopic (exact) mass is 327 g/mol. The van der Waals surface area contributed by atoms with Gasteiger partial charge in [-0.25, -0.2) is 4.79 Å². The lowest BCUT2D eigenvalue weighted by molar-refractivity contribution is -0.0194. The molecule has 134 valence electrons. The number of hydrogen-bond donors (Lipinski definition) is 1. The fraction of sp³-hybridized carbons (Fsp3) is 0.941. The molecule has 2 fully saturated rings. The standard InChI is InChI=1S/C17H33N3O3/c1-17(2,3)23-16(21)20-8-5-6-14(7-9-20)18-12-15-13-19(4)10-11-22-15/h14-15,18H,5-13H2,1-4H3. The third-order valence-corrected chi connectivity index (χ3v) is 4.36. The Balaban J connectivity index is 1.72. The Labute approximate surface area is 140 Å². The minimum atomic E-state index is -0.425. The first-order valence-electron chi connectivity index (χ1n) is 8.85. The summed E-state index contributed by atoms with van der Waals surface area (Å²) in [7, 11) is 2.14. The van der Waals surface area contributed by atoms with Crippen LogP contribution in [0.4, 0.5) is 4.79 Å². The van der Waals surface area contributed by atoms with E-state index in [1.165, 1.54) is 0 Å². The topological polar surface area (TPSA) is 54.0 Å². The summed E-state index contributed by atoms with van der Waals surface area (Å²) >= 11 is 0. The number of nitrogens with one attached hydrogen (secondary N) is 1. The van der Waals surface area contributed by atoms with Gasteiger partial charge in [0.2, 0.25) is 0 Å². The minimum absolute atomic E-state index is 0.185. The van der Waals surface area contributed by atoms with Crippen LogP contribution in [0.2, 0.25) is 0 Å². The number of rotatable bonds is 3. The van der Waals surface area contributed by atoms with E-state index in [1.807, 2.05) is 25.7 Å². The van der Waals surface area contributed by atoms with Crippen molar-refractivity contribution >= 4 is 6.09 Å². The molecule has 0 aliphatic carbocycles. The number of ether oxygens (including phenoxy) is 2. The predicted octanol–water partition coefficient (Wildman–Crippen LogP) is 1.70. The Morgan fingerprint density at radius 3 is 2.74 bits per heavy atom. The second-order valence-corrected chi connectivity index (χ2v) is 7.76. The molecule has 1 N–H and O–H groups in total. The van der Waals surface area contributed by atoms with Crippen molar-refractivity contribution in [2.24, 2.45) is 0 Å². The molecule has 1 amide bonds. The van der Waals surface area contributed by atoms with Crippen LogP contribution in [0.3, 0.4) is 0 Å². The van der Waals surface area contributed by atoms with Gasteiger partial charge in [0.1, 0.15) is 5.60 Å². The molecule has 2 atom stereocenters. The highest BCUT2D eigenvalue weighted by molar-refractivity contribution is 5.68. The van der Waals surface area contributed by atoms with E-state index < -0.39 is 5.60 Å². The van der Waals surface area contributed by atoms with Crippen molar-refractivity contribution in [3.63, 3.8) is 0 Å². The SMILES string of the molecule is CN1CCOC(CNC2CCCN(C(=O)OC(C)(C)C)CC2)C1. The van der Waals surface area contributed by atoms with Crippen molar-refractivity contribution < 1.29 is 14.3 Å². The molecule has 2 heterocycles. The van der Waals surface area contributed by atoms with E-state index in [0.717, 1.165) is 58.6 Å². The van der Waals surface area contributed by atoms with E-state index in [0.29, 0.717) is 6.04 Å². The van der Waals surface area contributed by atoms with Gasteiger partial charge in [0.15, 0.2) is 0 Å². The zero-order valence-electron chi connectivity index (χ0n) is 15.1. The van der Waals surface area contributed by atoms with Crippen LogP contribution in [0.1, 0.15) is 40.0 Å².